The van der Waals surface area contributed by atoms with E-state index in [4.69, 9.17) is 0 Å². The Kier molecular flexibility index (Phi) is 2.82. The third-order valence-corrected chi connectivity index (χ3v) is 2.60. The Morgan fingerprint density at radius 3 is 2.69 bits per heavy atom. The first kappa shape index (κ1) is 8.57. The highest BCUT2D eigenvalue weighted by Crippen LogP contribution is 2.16. The van der Waals surface area contributed by atoms with E-state index in [0.717, 1.165) is 10.8 Å². The molecule has 0 saturated heterocycles. The van der Waals surface area contributed by atoms with E-state index in [2.05, 4.69) is 29.3 Å². The zero-order valence-electron chi connectivity index (χ0n) is 7.18. The summed E-state index contributed by atoms with van der Waals surface area (Å²) < 4.78 is 0. The standard InChI is InChI=1S/C11H10NS/c1-2-4-10(5-3-1)6-7-11-12-8-9-13-11/h1-8H,9H2. The van der Waals surface area contributed by atoms with E-state index in [1.165, 1.54) is 5.56 Å². The van der Waals surface area contributed by atoms with E-state index in [9.17, 15) is 0 Å². The molecule has 0 unspecified atom stereocenters. The average molecular weight is 188 g/mol. The van der Waals surface area contributed by atoms with Crippen LogP contribution < -0.4 is 0 Å². The highest BCUT2D eigenvalue weighted by Gasteiger charge is 2.02. The SMILES string of the molecule is [CH]1CSC(C=Cc2ccccc2)=N1. The minimum atomic E-state index is 1.01. The monoisotopic (exact) mass is 188 g/mol. The van der Waals surface area contributed by atoms with Crippen molar-refractivity contribution < 1.29 is 0 Å². The van der Waals surface area contributed by atoms with Gasteiger partial charge in [0.05, 0.1) is 11.6 Å². The first-order chi connectivity index (χ1) is 6.45. The van der Waals surface area contributed by atoms with Gasteiger partial charge in [-0.2, -0.15) is 0 Å². The Morgan fingerprint density at radius 1 is 1.15 bits per heavy atom. The molecule has 2 heteroatoms. The summed E-state index contributed by atoms with van der Waals surface area (Å²) in [5.41, 5.74) is 1.22. The van der Waals surface area contributed by atoms with Gasteiger partial charge in [0, 0.05) is 5.75 Å². The molecule has 0 amide bonds. The van der Waals surface area contributed by atoms with Crippen LogP contribution in [0, 0.1) is 6.54 Å². The number of nitrogens with zero attached hydrogens (tertiary/aromatic N) is 1. The second-order valence-electron chi connectivity index (χ2n) is 2.70. The van der Waals surface area contributed by atoms with Crippen LogP contribution in [-0.2, 0) is 0 Å². The molecule has 1 nitrogen and oxygen atoms in total. The smallest absolute Gasteiger partial charge is 0.0910 e. The van der Waals surface area contributed by atoms with Crippen molar-refractivity contribution in [2.75, 3.05) is 5.75 Å². The summed E-state index contributed by atoms with van der Waals surface area (Å²) in [6.07, 6.45) is 4.15. The van der Waals surface area contributed by atoms with E-state index in [0.29, 0.717) is 0 Å². The molecule has 0 aromatic heterocycles. The van der Waals surface area contributed by atoms with Crippen LogP contribution in [0.15, 0.2) is 41.4 Å². The molecule has 1 heterocycles. The van der Waals surface area contributed by atoms with Crippen LogP contribution in [0.4, 0.5) is 0 Å². The Labute approximate surface area is 82.6 Å². The van der Waals surface area contributed by atoms with Crippen molar-refractivity contribution in [2.24, 2.45) is 4.99 Å². The van der Waals surface area contributed by atoms with Crippen LogP contribution >= 0.6 is 11.8 Å². The fourth-order valence-electron chi connectivity index (χ4n) is 1.11. The van der Waals surface area contributed by atoms with E-state index in [1.807, 2.05) is 24.7 Å². The lowest BCUT2D eigenvalue weighted by atomic mass is 10.2. The van der Waals surface area contributed by atoms with Gasteiger partial charge in [0.1, 0.15) is 0 Å². The highest BCUT2D eigenvalue weighted by atomic mass is 32.2. The van der Waals surface area contributed by atoms with Gasteiger partial charge in [-0.1, -0.05) is 36.4 Å². The van der Waals surface area contributed by atoms with Gasteiger partial charge in [-0.3, -0.25) is 4.99 Å². The zero-order valence-corrected chi connectivity index (χ0v) is 8.00. The first-order valence-corrected chi connectivity index (χ1v) is 5.19. The minimum absolute atomic E-state index is 1.01. The maximum absolute atomic E-state index is 4.22. The molecule has 0 atom stereocenters. The number of hydrogen-bond donors (Lipinski definition) is 0. The molecule has 1 aliphatic heterocycles. The van der Waals surface area contributed by atoms with Crippen LogP contribution in [0.1, 0.15) is 5.56 Å². The fourth-order valence-corrected chi connectivity index (χ4v) is 1.74. The normalized spacial score (nSPS) is 16.5. The minimum Gasteiger partial charge on any atom is -0.272 e. The van der Waals surface area contributed by atoms with Crippen LogP contribution in [-0.4, -0.2) is 10.8 Å². The summed E-state index contributed by atoms with van der Waals surface area (Å²) >= 11 is 1.77. The Morgan fingerprint density at radius 2 is 2.00 bits per heavy atom. The molecular formula is C11H10NS. The van der Waals surface area contributed by atoms with Crippen molar-refractivity contribution in [2.45, 2.75) is 0 Å². The van der Waals surface area contributed by atoms with Gasteiger partial charge in [0.15, 0.2) is 0 Å². The molecule has 1 aromatic rings. The lowest BCUT2D eigenvalue weighted by Gasteiger charge is -1.91. The molecule has 0 fully saturated rings. The molecule has 0 N–H and O–H groups in total. The van der Waals surface area contributed by atoms with Crippen molar-refractivity contribution in [1.29, 1.82) is 0 Å². The molecule has 65 valence electrons. The summed E-state index contributed by atoms with van der Waals surface area (Å²) in [6.45, 7) is 1.94. The number of thioether (sulfide) groups is 1. The third kappa shape index (κ3) is 2.46. The Balaban J connectivity index is 2.05. The molecule has 0 spiro atoms. The van der Waals surface area contributed by atoms with Gasteiger partial charge in [-0.05, 0) is 11.6 Å². The summed E-state index contributed by atoms with van der Waals surface area (Å²) in [4.78, 5) is 4.22. The third-order valence-electron chi connectivity index (χ3n) is 1.74. The van der Waals surface area contributed by atoms with Crippen LogP contribution in [0.2, 0.25) is 0 Å². The average Bonchev–Trinajstić information content (AvgIpc) is 2.69. The fraction of sp³-hybridized carbons (Fsp3) is 0.0909. The van der Waals surface area contributed by atoms with Gasteiger partial charge in [0.2, 0.25) is 0 Å². The zero-order chi connectivity index (χ0) is 8.93. The Bertz CT molecular complexity index is 327. The van der Waals surface area contributed by atoms with Gasteiger partial charge in [0.25, 0.3) is 0 Å². The Hall–Kier alpha value is -1.02. The molecule has 1 aliphatic rings. The predicted molar refractivity (Wildman–Crippen MR) is 59.7 cm³/mol. The molecule has 2 rings (SSSR count). The largest absolute Gasteiger partial charge is 0.272 e. The van der Waals surface area contributed by atoms with E-state index in [-0.39, 0.29) is 0 Å². The van der Waals surface area contributed by atoms with Crippen LogP contribution in [0.5, 0.6) is 0 Å². The lowest BCUT2D eigenvalue weighted by molar-refractivity contribution is 1.37. The molecule has 1 radical (unpaired) electrons. The second kappa shape index (κ2) is 4.28. The highest BCUT2D eigenvalue weighted by molar-refractivity contribution is 8.14. The van der Waals surface area contributed by atoms with Crippen molar-refractivity contribution in [3.05, 3.63) is 48.5 Å². The van der Waals surface area contributed by atoms with Gasteiger partial charge in [-0.15, -0.1) is 11.8 Å². The van der Waals surface area contributed by atoms with Crippen LogP contribution in [0.25, 0.3) is 6.08 Å². The van der Waals surface area contributed by atoms with E-state index < -0.39 is 0 Å². The summed E-state index contributed by atoms with van der Waals surface area (Å²) in [5, 5.41) is 1.10. The van der Waals surface area contributed by atoms with E-state index >= 15 is 0 Å². The maximum Gasteiger partial charge on any atom is 0.0910 e. The molecule has 1 aromatic carbocycles. The summed E-state index contributed by atoms with van der Waals surface area (Å²) in [5.74, 6) is 1.01. The quantitative estimate of drug-likeness (QED) is 0.695. The lowest BCUT2D eigenvalue weighted by Crippen LogP contribution is -1.78. The van der Waals surface area contributed by atoms with Crippen LogP contribution in [0.3, 0.4) is 0 Å². The van der Waals surface area contributed by atoms with Crippen molar-refractivity contribution >= 4 is 22.9 Å². The van der Waals surface area contributed by atoms with Gasteiger partial charge in [-0.25, -0.2) is 0 Å². The molecular weight excluding hydrogens is 178 g/mol. The maximum atomic E-state index is 4.22. The first-order valence-electron chi connectivity index (χ1n) is 4.20. The van der Waals surface area contributed by atoms with Gasteiger partial charge < -0.3 is 0 Å². The summed E-state index contributed by atoms with van der Waals surface area (Å²) in [7, 11) is 0. The van der Waals surface area contributed by atoms with E-state index in [1.54, 1.807) is 11.8 Å². The summed E-state index contributed by atoms with van der Waals surface area (Å²) in [6, 6.07) is 10.3. The van der Waals surface area contributed by atoms with Gasteiger partial charge >= 0.3 is 0 Å². The van der Waals surface area contributed by atoms with Crippen molar-refractivity contribution in [1.82, 2.24) is 0 Å². The van der Waals surface area contributed by atoms with Crippen molar-refractivity contribution in [3.63, 3.8) is 0 Å². The number of benzene rings is 1. The number of aliphatic imine (C=N–C) groups is 1. The van der Waals surface area contributed by atoms with Crippen molar-refractivity contribution in [3.8, 4) is 0 Å². The molecule has 0 bridgehead atoms. The predicted octanol–water partition coefficient (Wildman–Crippen LogP) is 3.01. The number of rotatable bonds is 2. The molecule has 0 aliphatic carbocycles. The molecule has 13 heavy (non-hydrogen) atoms. The topological polar surface area (TPSA) is 12.4 Å². The second-order valence-corrected chi connectivity index (χ2v) is 3.75. The number of hydrogen-bond acceptors (Lipinski definition) is 2. The molecule has 0 saturated carbocycles.